The maximum absolute atomic E-state index is 13.9. The smallest absolute Gasteiger partial charge is 0.321 e. The highest BCUT2D eigenvalue weighted by Crippen LogP contribution is 2.35. The molecule has 0 aliphatic rings. The molecule has 8 heteroatoms. The SMILES string of the molecule is O=C(Nc1ccc(F)cc1-c1nc2ccccc2s1)c1ccc(C(F)(F)F)cc1. The van der Waals surface area contributed by atoms with Gasteiger partial charge in [0.05, 0.1) is 21.5 Å². The minimum Gasteiger partial charge on any atom is -0.321 e. The Morgan fingerprint density at radius 2 is 1.69 bits per heavy atom. The summed E-state index contributed by atoms with van der Waals surface area (Å²) in [7, 11) is 0. The van der Waals surface area contributed by atoms with E-state index in [1.54, 1.807) is 0 Å². The van der Waals surface area contributed by atoms with Crippen molar-refractivity contribution in [2.45, 2.75) is 6.18 Å². The number of halogens is 4. The number of carbonyl (C=O) groups is 1. The van der Waals surface area contributed by atoms with E-state index in [4.69, 9.17) is 0 Å². The van der Waals surface area contributed by atoms with Crippen LogP contribution in [0.25, 0.3) is 20.8 Å². The van der Waals surface area contributed by atoms with Crippen LogP contribution in [-0.4, -0.2) is 10.9 Å². The summed E-state index contributed by atoms with van der Waals surface area (Å²) in [5.41, 5.74) is 0.669. The number of para-hydroxylation sites is 1. The number of amides is 1. The van der Waals surface area contributed by atoms with Gasteiger partial charge in [-0.2, -0.15) is 13.2 Å². The van der Waals surface area contributed by atoms with Crippen LogP contribution in [0.5, 0.6) is 0 Å². The summed E-state index contributed by atoms with van der Waals surface area (Å²) in [5, 5.41) is 3.16. The Kier molecular flexibility index (Phi) is 4.79. The van der Waals surface area contributed by atoms with Crippen molar-refractivity contribution in [3.8, 4) is 10.6 Å². The lowest BCUT2D eigenvalue weighted by Gasteiger charge is -2.11. The predicted octanol–water partition coefficient (Wildman–Crippen LogP) is 6.37. The van der Waals surface area contributed by atoms with Crippen molar-refractivity contribution in [1.82, 2.24) is 4.98 Å². The number of nitrogens with zero attached hydrogens (tertiary/aromatic N) is 1. The van der Waals surface area contributed by atoms with E-state index in [2.05, 4.69) is 10.3 Å². The Hall–Kier alpha value is -3.26. The third-order valence-corrected chi connectivity index (χ3v) is 5.30. The Morgan fingerprint density at radius 1 is 0.966 bits per heavy atom. The van der Waals surface area contributed by atoms with Crippen LogP contribution < -0.4 is 5.32 Å². The predicted molar refractivity (Wildman–Crippen MR) is 104 cm³/mol. The van der Waals surface area contributed by atoms with Crippen LogP contribution >= 0.6 is 11.3 Å². The summed E-state index contributed by atoms with van der Waals surface area (Å²) in [5.74, 6) is -1.10. The van der Waals surface area contributed by atoms with E-state index in [1.165, 1.54) is 29.5 Å². The first-order valence-electron chi connectivity index (χ1n) is 8.45. The molecule has 0 fully saturated rings. The van der Waals surface area contributed by atoms with E-state index < -0.39 is 23.5 Å². The molecule has 4 rings (SSSR count). The van der Waals surface area contributed by atoms with Crippen LogP contribution in [0.15, 0.2) is 66.7 Å². The van der Waals surface area contributed by atoms with Crippen LogP contribution in [0.3, 0.4) is 0 Å². The van der Waals surface area contributed by atoms with Crippen molar-refractivity contribution in [2.24, 2.45) is 0 Å². The number of rotatable bonds is 3. The van der Waals surface area contributed by atoms with Gasteiger partial charge in [0.15, 0.2) is 0 Å². The van der Waals surface area contributed by atoms with Gasteiger partial charge in [0.1, 0.15) is 10.8 Å². The largest absolute Gasteiger partial charge is 0.416 e. The molecule has 1 aromatic heterocycles. The molecule has 0 bridgehead atoms. The number of aromatic nitrogens is 1. The lowest BCUT2D eigenvalue weighted by atomic mass is 10.1. The Morgan fingerprint density at radius 3 is 2.38 bits per heavy atom. The van der Waals surface area contributed by atoms with Crippen LogP contribution in [0.4, 0.5) is 23.2 Å². The van der Waals surface area contributed by atoms with Gasteiger partial charge >= 0.3 is 6.18 Å². The third-order valence-electron chi connectivity index (χ3n) is 4.23. The standard InChI is InChI=1S/C21H12F4N2OS/c22-14-9-10-16(15(11-14)20-27-17-3-1-2-4-18(17)29-20)26-19(28)12-5-7-13(8-6-12)21(23,24)25/h1-11H,(H,26,28). The number of hydrogen-bond acceptors (Lipinski definition) is 3. The summed E-state index contributed by atoms with van der Waals surface area (Å²) >= 11 is 1.35. The molecule has 146 valence electrons. The summed E-state index contributed by atoms with van der Waals surface area (Å²) in [4.78, 5) is 17.0. The van der Waals surface area contributed by atoms with E-state index in [9.17, 15) is 22.4 Å². The molecule has 0 spiro atoms. The minimum atomic E-state index is -4.48. The number of carbonyl (C=O) groups excluding carboxylic acids is 1. The number of hydrogen-bond donors (Lipinski definition) is 1. The molecule has 0 saturated heterocycles. The highest BCUT2D eigenvalue weighted by atomic mass is 32.1. The minimum absolute atomic E-state index is 0.0533. The normalized spacial score (nSPS) is 11.6. The zero-order chi connectivity index (χ0) is 20.6. The van der Waals surface area contributed by atoms with Gasteiger partial charge < -0.3 is 5.32 Å². The maximum Gasteiger partial charge on any atom is 0.416 e. The summed E-state index contributed by atoms with van der Waals surface area (Å²) < 4.78 is 52.8. The zero-order valence-electron chi connectivity index (χ0n) is 14.6. The van der Waals surface area contributed by atoms with Gasteiger partial charge in [0.2, 0.25) is 0 Å². The number of benzene rings is 3. The third kappa shape index (κ3) is 3.97. The molecule has 29 heavy (non-hydrogen) atoms. The van der Waals surface area contributed by atoms with Gasteiger partial charge in [-0.1, -0.05) is 12.1 Å². The molecule has 3 aromatic carbocycles. The zero-order valence-corrected chi connectivity index (χ0v) is 15.4. The molecular weight excluding hydrogens is 404 g/mol. The molecule has 0 aliphatic carbocycles. The van der Waals surface area contributed by atoms with E-state index >= 15 is 0 Å². The summed E-state index contributed by atoms with van der Waals surface area (Å²) in [6.45, 7) is 0. The summed E-state index contributed by atoms with van der Waals surface area (Å²) in [6, 6.07) is 15.2. The van der Waals surface area contributed by atoms with Gasteiger partial charge in [-0.05, 0) is 54.6 Å². The van der Waals surface area contributed by atoms with Gasteiger partial charge in [0.25, 0.3) is 5.91 Å². The highest BCUT2D eigenvalue weighted by molar-refractivity contribution is 7.21. The highest BCUT2D eigenvalue weighted by Gasteiger charge is 2.30. The fourth-order valence-electron chi connectivity index (χ4n) is 2.79. The fourth-order valence-corrected chi connectivity index (χ4v) is 3.79. The number of nitrogens with one attached hydrogen (secondary N) is 1. The molecule has 4 aromatic rings. The van der Waals surface area contributed by atoms with Crippen LogP contribution in [0.1, 0.15) is 15.9 Å². The summed E-state index contributed by atoms with van der Waals surface area (Å²) in [6.07, 6.45) is -4.48. The van der Waals surface area contributed by atoms with Gasteiger partial charge in [-0.3, -0.25) is 4.79 Å². The molecule has 0 saturated carbocycles. The van der Waals surface area contributed by atoms with E-state index in [-0.39, 0.29) is 5.56 Å². The number of thiazole rings is 1. The molecular formula is C21H12F4N2OS. The first-order valence-corrected chi connectivity index (χ1v) is 9.27. The second-order valence-electron chi connectivity index (χ2n) is 6.21. The topological polar surface area (TPSA) is 42.0 Å². The Bertz CT molecular complexity index is 1170. The van der Waals surface area contributed by atoms with Crippen LogP contribution in [0, 0.1) is 5.82 Å². The second kappa shape index (κ2) is 7.29. The van der Waals surface area contributed by atoms with E-state index in [1.807, 2.05) is 24.3 Å². The number of fused-ring (bicyclic) bond motifs is 1. The van der Waals surface area contributed by atoms with Gasteiger partial charge in [-0.25, -0.2) is 9.37 Å². The molecule has 1 heterocycles. The lowest BCUT2D eigenvalue weighted by molar-refractivity contribution is -0.137. The Balaban J connectivity index is 1.66. The molecule has 3 nitrogen and oxygen atoms in total. The van der Waals surface area contributed by atoms with E-state index in [0.717, 1.165) is 34.5 Å². The quantitative estimate of drug-likeness (QED) is 0.394. The average molecular weight is 416 g/mol. The van der Waals surface area contributed by atoms with Crippen molar-refractivity contribution in [3.63, 3.8) is 0 Å². The van der Waals surface area contributed by atoms with Crippen LogP contribution in [-0.2, 0) is 6.18 Å². The first kappa shape index (κ1) is 19.1. The Labute approximate surface area is 166 Å². The van der Waals surface area contributed by atoms with Crippen molar-refractivity contribution < 1.29 is 22.4 Å². The van der Waals surface area contributed by atoms with Crippen molar-refractivity contribution in [1.29, 1.82) is 0 Å². The number of alkyl halides is 3. The average Bonchev–Trinajstić information content (AvgIpc) is 3.13. The van der Waals surface area contributed by atoms with Crippen molar-refractivity contribution in [2.75, 3.05) is 5.32 Å². The van der Waals surface area contributed by atoms with E-state index in [0.29, 0.717) is 16.3 Å². The molecule has 1 N–H and O–H groups in total. The molecule has 0 aliphatic heterocycles. The monoisotopic (exact) mass is 416 g/mol. The van der Waals surface area contributed by atoms with Gasteiger partial charge in [-0.15, -0.1) is 11.3 Å². The van der Waals surface area contributed by atoms with Gasteiger partial charge in [0, 0.05) is 11.1 Å². The fraction of sp³-hybridized carbons (Fsp3) is 0.0476. The molecule has 0 atom stereocenters. The molecule has 0 unspecified atom stereocenters. The lowest BCUT2D eigenvalue weighted by Crippen LogP contribution is -2.13. The molecule has 0 radical (unpaired) electrons. The maximum atomic E-state index is 13.9. The molecule has 1 amide bonds. The van der Waals surface area contributed by atoms with Crippen LogP contribution in [0.2, 0.25) is 0 Å². The second-order valence-corrected chi connectivity index (χ2v) is 7.24. The van der Waals surface area contributed by atoms with Crippen molar-refractivity contribution in [3.05, 3.63) is 83.7 Å². The number of anilines is 1. The first-order chi connectivity index (χ1) is 13.8. The van der Waals surface area contributed by atoms with Crippen molar-refractivity contribution >= 4 is 33.1 Å².